The number of ether oxygens (including phenoxy) is 1. The molecule has 0 aliphatic carbocycles. The molecule has 17 heavy (non-hydrogen) atoms. The summed E-state index contributed by atoms with van der Waals surface area (Å²) < 4.78 is 5.13. The number of morpholine rings is 1. The van der Waals surface area contributed by atoms with Crippen LogP contribution in [-0.4, -0.2) is 54.4 Å². The van der Waals surface area contributed by atoms with Gasteiger partial charge in [-0.15, -0.1) is 0 Å². The van der Waals surface area contributed by atoms with E-state index >= 15 is 0 Å². The number of aliphatic carboxylic acids is 1. The number of nitrogens with one attached hydrogen (secondary N) is 1. The maximum Gasteiger partial charge on any atom is 0.326 e. The number of urea groups is 1. The summed E-state index contributed by atoms with van der Waals surface area (Å²) >= 11 is 0. The molecule has 0 spiro atoms. The largest absolute Gasteiger partial charge is 0.480 e. The summed E-state index contributed by atoms with van der Waals surface area (Å²) in [5.74, 6) is -1.07. The number of rotatable bonds is 4. The third-order valence-electron chi connectivity index (χ3n) is 3.06. The van der Waals surface area contributed by atoms with Gasteiger partial charge in [-0.1, -0.05) is 20.3 Å². The summed E-state index contributed by atoms with van der Waals surface area (Å²) in [4.78, 5) is 24.5. The molecule has 2 amide bonds. The Balaban J connectivity index is 2.53. The summed E-state index contributed by atoms with van der Waals surface area (Å²) in [6.07, 6.45) is 0.709. The molecule has 2 unspecified atom stereocenters. The monoisotopic (exact) mass is 244 g/mol. The van der Waals surface area contributed by atoms with E-state index in [1.54, 1.807) is 4.90 Å². The lowest BCUT2D eigenvalue weighted by Gasteiger charge is -2.29. The third kappa shape index (κ3) is 3.89. The Kier molecular flexibility index (Phi) is 5.21. The first kappa shape index (κ1) is 13.8. The van der Waals surface area contributed by atoms with E-state index < -0.39 is 12.0 Å². The molecule has 1 heterocycles. The third-order valence-corrected chi connectivity index (χ3v) is 3.06. The van der Waals surface area contributed by atoms with Crippen LogP contribution in [0, 0.1) is 5.92 Å². The van der Waals surface area contributed by atoms with Crippen molar-refractivity contribution >= 4 is 12.0 Å². The van der Waals surface area contributed by atoms with E-state index in [2.05, 4.69) is 5.32 Å². The van der Waals surface area contributed by atoms with Crippen LogP contribution in [-0.2, 0) is 9.53 Å². The van der Waals surface area contributed by atoms with Crippen LogP contribution in [0.5, 0.6) is 0 Å². The molecule has 0 aromatic heterocycles. The fourth-order valence-corrected chi connectivity index (χ4v) is 1.67. The van der Waals surface area contributed by atoms with Gasteiger partial charge in [-0.05, 0) is 5.92 Å². The molecule has 0 saturated carbocycles. The van der Waals surface area contributed by atoms with E-state index in [0.29, 0.717) is 32.7 Å². The maximum absolute atomic E-state index is 11.8. The van der Waals surface area contributed by atoms with Gasteiger partial charge in [-0.2, -0.15) is 0 Å². The lowest BCUT2D eigenvalue weighted by Crippen LogP contribution is -2.53. The van der Waals surface area contributed by atoms with Crippen molar-refractivity contribution in [1.29, 1.82) is 0 Å². The van der Waals surface area contributed by atoms with Crippen LogP contribution < -0.4 is 5.32 Å². The van der Waals surface area contributed by atoms with Gasteiger partial charge in [0.15, 0.2) is 0 Å². The Morgan fingerprint density at radius 3 is 2.47 bits per heavy atom. The molecule has 98 valence electrons. The lowest BCUT2D eigenvalue weighted by molar-refractivity contribution is -0.140. The Hall–Kier alpha value is -1.30. The Bertz CT molecular complexity index is 277. The molecule has 0 radical (unpaired) electrons. The second kappa shape index (κ2) is 6.44. The summed E-state index contributed by atoms with van der Waals surface area (Å²) in [7, 11) is 0. The molecule has 0 aromatic carbocycles. The zero-order chi connectivity index (χ0) is 12.8. The van der Waals surface area contributed by atoms with Gasteiger partial charge >= 0.3 is 12.0 Å². The average Bonchev–Trinajstić information content (AvgIpc) is 2.35. The fraction of sp³-hybridized carbons (Fsp3) is 0.818. The number of carbonyl (C=O) groups is 2. The molecule has 0 bridgehead atoms. The van der Waals surface area contributed by atoms with Crippen molar-refractivity contribution in [3.63, 3.8) is 0 Å². The first-order valence-corrected chi connectivity index (χ1v) is 5.92. The Labute approximate surface area is 101 Å². The summed E-state index contributed by atoms with van der Waals surface area (Å²) in [6.45, 7) is 5.76. The molecule has 2 atom stereocenters. The topological polar surface area (TPSA) is 78.9 Å². The van der Waals surface area contributed by atoms with Crippen LogP contribution in [0.1, 0.15) is 20.3 Å². The zero-order valence-electron chi connectivity index (χ0n) is 10.3. The van der Waals surface area contributed by atoms with Gasteiger partial charge in [0, 0.05) is 13.1 Å². The normalized spacial score (nSPS) is 19.5. The molecule has 1 saturated heterocycles. The van der Waals surface area contributed by atoms with Crippen LogP contribution >= 0.6 is 0 Å². The van der Waals surface area contributed by atoms with Crippen molar-refractivity contribution in [2.24, 2.45) is 5.92 Å². The van der Waals surface area contributed by atoms with Gasteiger partial charge in [0.05, 0.1) is 13.2 Å². The van der Waals surface area contributed by atoms with Gasteiger partial charge in [-0.3, -0.25) is 0 Å². The highest BCUT2D eigenvalue weighted by Gasteiger charge is 2.27. The second-order valence-corrected chi connectivity index (χ2v) is 4.25. The van der Waals surface area contributed by atoms with Crippen molar-refractivity contribution in [3.05, 3.63) is 0 Å². The Morgan fingerprint density at radius 2 is 2.00 bits per heavy atom. The lowest BCUT2D eigenvalue weighted by atomic mass is 9.99. The van der Waals surface area contributed by atoms with E-state index in [-0.39, 0.29) is 11.9 Å². The van der Waals surface area contributed by atoms with Gasteiger partial charge in [-0.25, -0.2) is 9.59 Å². The van der Waals surface area contributed by atoms with Gasteiger partial charge in [0.2, 0.25) is 0 Å². The fourth-order valence-electron chi connectivity index (χ4n) is 1.67. The minimum atomic E-state index is -0.985. The number of hydrogen-bond donors (Lipinski definition) is 2. The van der Waals surface area contributed by atoms with Crippen molar-refractivity contribution in [1.82, 2.24) is 10.2 Å². The molecule has 6 heteroatoms. The van der Waals surface area contributed by atoms with Crippen LogP contribution in [0.3, 0.4) is 0 Å². The standard InChI is InChI=1S/C11H20N2O4/c1-3-8(2)9(10(14)15)12-11(16)13-4-6-17-7-5-13/h8-9H,3-7H2,1-2H3,(H,12,16)(H,14,15). The van der Waals surface area contributed by atoms with Gasteiger partial charge < -0.3 is 20.1 Å². The van der Waals surface area contributed by atoms with E-state index in [1.165, 1.54) is 0 Å². The summed E-state index contributed by atoms with van der Waals surface area (Å²) in [6, 6.07) is -1.14. The van der Waals surface area contributed by atoms with E-state index in [0.717, 1.165) is 0 Å². The summed E-state index contributed by atoms with van der Waals surface area (Å²) in [5.41, 5.74) is 0. The maximum atomic E-state index is 11.8. The van der Waals surface area contributed by atoms with Crippen molar-refractivity contribution in [2.75, 3.05) is 26.3 Å². The van der Waals surface area contributed by atoms with Crippen LogP contribution in [0.4, 0.5) is 4.79 Å². The first-order chi connectivity index (χ1) is 8.06. The van der Waals surface area contributed by atoms with Crippen LogP contribution in [0.15, 0.2) is 0 Å². The highest BCUT2D eigenvalue weighted by molar-refractivity contribution is 5.82. The quantitative estimate of drug-likeness (QED) is 0.756. The number of amides is 2. The minimum Gasteiger partial charge on any atom is -0.480 e. The van der Waals surface area contributed by atoms with Crippen LogP contribution in [0.25, 0.3) is 0 Å². The molecule has 2 N–H and O–H groups in total. The smallest absolute Gasteiger partial charge is 0.326 e. The molecule has 0 aromatic rings. The molecule has 1 fully saturated rings. The molecule has 6 nitrogen and oxygen atoms in total. The predicted octanol–water partition coefficient (Wildman–Crippen LogP) is 0.527. The van der Waals surface area contributed by atoms with Crippen molar-refractivity contribution in [3.8, 4) is 0 Å². The predicted molar refractivity (Wildman–Crippen MR) is 61.8 cm³/mol. The van der Waals surface area contributed by atoms with Crippen LogP contribution in [0.2, 0.25) is 0 Å². The van der Waals surface area contributed by atoms with E-state index in [9.17, 15) is 9.59 Å². The molecule has 1 aliphatic rings. The molecular weight excluding hydrogens is 224 g/mol. The first-order valence-electron chi connectivity index (χ1n) is 5.92. The van der Waals surface area contributed by atoms with E-state index in [4.69, 9.17) is 9.84 Å². The van der Waals surface area contributed by atoms with Gasteiger partial charge in [0.1, 0.15) is 6.04 Å². The average molecular weight is 244 g/mol. The minimum absolute atomic E-state index is 0.0857. The molecular formula is C11H20N2O4. The summed E-state index contributed by atoms with van der Waals surface area (Å²) in [5, 5.41) is 11.6. The molecule has 1 rings (SSSR count). The van der Waals surface area contributed by atoms with E-state index in [1.807, 2.05) is 13.8 Å². The number of carboxylic acids is 1. The SMILES string of the molecule is CCC(C)C(NC(=O)N1CCOCC1)C(=O)O. The highest BCUT2D eigenvalue weighted by atomic mass is 16.5. The number of hydrogen-bond acceptors (Lipinski definition) is 3. The number of carboxylic acid groups (broad SMARTS) is 1. The molecule has 1 aliphatic heterocycles. The highest BCUT2D eigenvalue weighted by Crippen LogP contribution is 2.09. The number of carbonyl (C=O) groups excluding carboxylic acids is 1. The Morgan fingerprint density at radius 1 is 1.41 bits per heavy atom. The van der Waals surface area contributed by atoms with Crippen molar-refractivity contribution in [2.45, 2.75) is 26.3 Å². The van der Waals surface area contributed by atoms with Gasteiger partial charge in [0.25, 0.3) is 0 Å². The van der Waals surface area contributed by atoms with Crippen molar-refractivity contribution < 1.29 is 19.4 Å². The zero-order valence-corrected chi connectivity index (χ0v) is 10.3. The second-order valence-electron chi connectivity index (χ2n) is 4.25. The number of nitrogens with zero attached hydrogens (tertiary/aromatic N) is 1.